The number of hydrogen-bond acceptors (Lipinski definition) is 3. The summed E-state index contributed by atoms with van der Waals surface area (Å²) >= 11 is 1.60. The fourth-order valence-corrected chi connectivity index (χ4v) is 2.63. The van der Waals surface area contributed by atoms with Gasteiger partial charge in [-0.2, -0.15) is 0 Å². The van der Waals surface area contributed by atoms with E-state index in [0.717, 1.165) is 16.8 Å². The van der Waals surface area contributed by atoms with Crippen LogP contribution in [-0.4, -0.2) is 18.1 Å². The molecule has 0 bridgehead atoms. The summed E-state index contributed by atoms with van der Waals surface area (Å²) in [6.45, 7) is 1.95. The van der Waals surface area contributed by atoms with Crippen molar-refractivity contribution in [1.29, 1.82) is 0 Å². The number of likely N-dealkylation sites (N-methyl/N-ethyl adjacent to an activating group) is 1. The minimum absolute atomic E-state index is 0.0396. The Labute approximate surface area is 115 Å². The molecule has 1 unspecified atom stereocenters. The molecule has 1 N–H and O–H groups in total. The molecular formula is C14H16F2N2S. The topological polar surface area (TPSA) is 24.9 Å². The average molecular weight is 282 g/mol. The molecule has 1 atom stereocenters. The van der Waals surface area contributed by atoms with Gasteiger partial charge in [0.2, 0.25) is 0 Å². The van der Waals surface area contributed by atoms with Gasteiger partial charge in [0, 0.05) is 17.8 Å². The van der Waals surface area contributed by atoms with E-state index in [2.05, 4.69) is 10.3 Å². The molecular weight excluding hydrogens is 266 g/mol. The van der Waals surface area contributed by atoms with Gasteiger partial charge >= 0.3 is 0 Å². The van der Waals surface area contributed by atoms with E-state index >= 15 is 0 Å². The second-order valence-electron chi connectivity index (χ2n) is 4.46. The van der Waals surface area contributed by atoms with E-state index in [-0.39, 0.29) is 6.04 Å². The number of aryl methyl sites for hydroxylation is 1. The third kappa shape index (κ3) is 3.58. The maximum absolute atomic E-state index is 13.6. The number of nitrogens with one attached hydrogen (secondary N) is 1. The fraction of sp³-hybridized carbons (Fsp3) is 0.357. The Morgan fingerprint density at radius 1 is 1.32 bits per heavy atom. The highest BCUT2D eigenvalue weighted by Gasteiger charge is 2.14. The lowest BCUT2D eigenvalue weighted by molar-refractivity contribution is 0.481. The molecule has 1 aromatic heterocycles. The molecule has 102 valence electrons. The molecule has 0 aliphatic rings. The van der Waals surface area contributed by atoms with Gasteiger partial charge in [-0.05, 0) is 32.0 Å². The van der Waals surface area contributed by atoms with Gasteiger partial charge in [0.05, 0.1) is 10.7 Å². The first-order valence-electron chi connectivity index (χ1n) is 6.11. The van der Waals surface area contributed by atoms with Crippen molar-refractivity contribution < 1.29 is 8.78 Å². The van der Waals surface area contributed by atoms with E-state index < -0.39 is 11.6 Å². The first-order valence-corrected chi connectivity index (χ1v) is 6.99. The highest BCUT2D eigenvalue weighted by Crippen LogP contribution is 2.16. The molecule has 2 rings (SSSR count). The van der Waals surface area contributed by atoms with E-state index in [0.29, 0.717) is 18.4 Å². The van der Waals surface area contributed by atoms with Crippen LogP contribution in [0.3, 0.4) is 0 Å². The third-order valence-electron chi connectivity index (χ3n) is 3.03. The Balaban J connectivity index is 2.08. The highest BCUT2D eigenvalue weighted by molar-refractivity contribution is 7.09. The van der Waals surface area contributed by atoms with Crippen LogP contribution in [0.4, 0.5) is 8.78 Å². The van der Waals surface area contributed by atoms with Gasteiger partial charge in [-0.25, -0.2) is 13.8 Å². The minimum atomic E-state index is -0.795. The van der Waals surface area contributed by atoms with Crippen LogP contribution in [0.25, 0.3) is 0 Å². The number of rotatable bonds is 5. The van der Waals surface area contributed by atoms with Crippen LogP contribution >= 0.6 is 11.3 Å². The smallest absolute Gasteiger partial charge is 0.162 e. The molecule has 0 saturated heterocycles. The van der Waals surface area contributed by atoms with Crippen molar-refractivity contribution in [2.24, 2.45) is 0 Å². The predicted molar refractivity (Wildman–Crippen MR) is 73.5 cm³/mol. The van der Waals surface area contributed by atoms with Crippen molar-refractivity contribution in [3.05, 3.63) is 51.5 Å². The minimum Gasteiger partial charge on any atom is -0.316 e. The van der Waals surface area contributed by atoms with Crippen molar-refractivity contribution in [2.75, 3.05) is 7.05 Å². The molecule has 0 fully saturated rings. The van der Waals surface area contributed by atoms with Crippen LogP contribution in [0.5, 0.6) is 0 Å². The van der Waals surface area contributed by atoms with Crippen LogP contribution in [0.2, 0.25) is 0 Å². The van der Waals surface area contributed by atoms with E-state index in [4.69, 9.17) is 0 Å². The van der Waals surface area contributed by atoms with Gasteiger partial charge in [0.1, 0.15) is 0 Å². The largest absolute Gasteiger partial charge is 0.316 e. The molecule has 0 saturated carbocycles. The molecule has 0 aliphatic heterocycles. The third-order valence-corrected chi connectivity index (χ3v) is 3.85. The Hall–Kier alpha value is -1.33. The fourth-order valence-electron chi connectivity index (χ4n) is 2.00. The number of hydrogen-bond donors (Lipinski definition) is 1. The maximum Gasteiger partial charge on any atom is 0.162 e. The molecule has 0 aliphatic carbocycles. The van der Waals surface area contributed by atoms with Crippen LogP contribution in [0.1, 0.15) is 16.3 Å². The van der Waals surface area contributed by atoms with Crippen LogP contribution in [-0.2, 0) is 12.8 Å². The molecule has 0 spiro atoms. The molecule has 2 nitrogen and oxygen atoms in total. The summed E-state index contributed by atoms with van der Waals surface area (Å²) in [5, 5.41) is 6.15. The SMILES string of the molecule is CNC(Cc1csc(C)n1)Cc1cccc(F)c1F. The zero-order valence-electron chi connectivity index (χ0n) is 10.9. The van der Waals surface area contributed by atoms with E-state index in [9.17, 15) is 8.78 Å². The zero-order valence-corrected chi connectivity index (χ0v) is 11.7. The molecule has 0 amide bonds. The lowest BCUT2D eigenvalue weighted by Gasteiger charge is -2.15. The zero-order chi connectivity index (χ0) is 13.8. The number of aromatic nitrogens is 1. The van der Waals surface area contributed by atoms with Crippen molar-refractivity contribution in [3.8, 4) is 0 Å². The number of thiazole rings is 1. The van der Waals surface area contributed by atoms with Crippen molar-refractivity contribution >= 4 is 11.3 Å². The molecule has 1 aromatic carbocycles. The van der Waals surface area contributed by atoms with E-state index in [1.807, 2.05) is 19.4 Å². The predicted octanol–water partition coefficient (Wildman–Crippen LogP) is 3.10. The summed E-state index contributed by atoms with van der Waals surface area (Å²) in [7, 11) is 1.82. The summed E-state index contributed by atoms with van der Waals surface area (Å²) < 4.78 is 26.8. The molecule has 2 aromatic rings. The van der Waals surface area contributed by atoms with Crippen molar-refractivity contribution in [1.82, 2.24) is 10.3 Å². The van der Waals surface area contributed by atoms with E-state index in [1.165, 1.54) is 6.07 Å². The normalized spacial score (nSPS) is 12.6. The Morgan fingerprint density at radius 3 is 2.74 bits per heavy atom. The Kier molecular flexibility index (Phi) is 4.61. The molecule has 19 heavy (non-hydrogen) atoms. The van der Waals surface area contributed by atoms with Gasteiger partial charge in [-0.15, -0.1) is 11.3 Å². The first-order chi connectivity index (χ1) is 9.10. The monoisotopic (exact) mass is 282 g/mol. The van der Waals surface area contributed by atoms with Crippen molar-refractivity contribution in [3.63, 3.8) is 0 Å². The van der Waals surface area contributed by atoms with Gasteiger partial charge in [0.15, 0.2) is 11.6 Å². The summed E-state index contributed by atoms with van der Waals surface area (Å²) in [6, 6.07) is 4.33. The maximum atomic E-state index is 13.6. The molecule has 5 heteroatoms. The van der Waals surface area contributed by atoms with Gasteiger partial charge in [0.25, 0.3) is 0 Å². The van der Waals surface area contributed by atoms with Crippen LogP contribution in [0, 0.1) is 18.6 Å². The van der Waals surface area contributed by atoms with Crippen LogP contribution < -0.4 is 5.32 Å². The van der Waals surface area contributed by atoms with Gasteiger partial charge < -0.3 is 5.32 Å². The average Bonchev–Trinajstić information content (AvgIpc) is 2.79. The molecule has 1 heterocycles. The second-order valence-corrected chi connectivity index (χ2v) is 5.53. The summed E-state index contributed by atoms with van der Waals surface area (Å²) in [5.41, 5.74) is 1.38. The Bertz CT molecular complexity index is 554. The molecule has 0 radical (unpaired) electrons. The number of benzene rings is 1. The quantitative estimate of drug-likeness (QED) is 0.911. The number of nitrogens with zero attached hydrogens (tertiary/aromatic N) is 1. The summed E-state index contributed by atoms with van der Waals surface area (Å²) in [6.07, 6.45) is 1.15. The van der Waals surface area contributed by atoms with Gasteiger partial charge in [-0.3, -0.25) is 0 Å². The van der Waals surface area contributed by atoms with Crippen molar-refractivity contribution in [2.45, 2.75) is 25.8 Å². The lowest BCUT2D eigenvalue weighted by Crippen LogP contribution is -2.30. The lowest BCUT2D eigenvalue weighted by atomic mass is 10.0. The summed E-state index contributed by atoms with van der Waals surface area (Å²) in [4.78, 5) is 4.39. The standard InChI is InChI=1S/C14H16F2N2S/c1-9-18-12(8-19-9)7-11(17-2)6-10-4-3-5-13(15)14(10)16/h3-5,8,11,17H,6-7H2,1-2H3. The van der Waals surface area contributed by atoms with Gasteiger partial charge in [-0.1, -0.05) is 12.1 Å². The second kappa shape index (κ2) is 6.21. The highest BCUT2D eigenvalue weighted by atomic mass is 32.1. The van der Waals surface area contributed by atoms with Crippen LogP contribution in [0.15, 0.2) is 23.6 Å². The summed E-state index contributed by atoms with van der Waals surface area (Å²) in [5.74, 6) is -1.55. The van der Waals surface area contributed by atoms with E-state index in [1.54, 1.807) is 17.4 Å². The first kappa shape index (κ1) is 14.1. The Morgan fingerprint density at radius 2 is 2.11 bits per heavy atom. The number of halogens is 2.